The molecule has 1 unspecified atom stereocenters. The highest BCUT2D eigenvalue weighted by atomic mass is 16.5. The summed E-state index contributed by atoms with van der Waals surface area (Å²) >= 11 is 0. The second-order valence-corrected chi connectivity index (χ2v) is 3.93. The number of carbonyl (C=O) groups is 1. The second kappa shape index (κ2) is 8.50. The van der Waals surface area contributed by atoms with E-state index in [0.717, 1.165) is 6.54 Å². The molecule has 96 valence electrons. The zero-order valence-electron chi connectivity index (χ0n) is 10.9. The molecule has 0 aromatic heterocycles. The SMILES string of the molecule is CCOC(CN)CN(CC)CC(=O)N(C)C. The molecule has 16 heavy (non-hydrogen) atoms. The van der Waals surface area contributed by atoms with Crippen LogP contribution in [0.1, 0.15) is 13.8 Å². The molecule has 0 fully saturated rings. The summed E-state index contributed by atoms with van der Waals surface area (Å²) in [4.78, 5) is 15.2. The van der Waals surface area contributed by atoms with E-state index in [-0.39, 0.29) is 12.0 Å². The Balaban J connectivity index is 4.12. The van der Waals surface area contributed by atoms with Gasteiger partial charge in [-0.15, -0.1) is 0 Å². The van der Waals surface area contributed by atoms with E-state index in [1.807, 2.05) is 13.8 Å². The minimum atomic E-state index is 0.0138. The Morgan fingerprint density at radius 2 is 2.00 bits per heavy atom. The summed E-state index contributed by atoms with van der Waals surface area (Å²) in [5.74, 6) is 0.106. The van der Waals surface area contributed by atoms with E-state index in [0.29, 0.717) is 26.2 Å². The number of rotatable bonds is 8. The number of hydrogen-bond donors (Lipinski definition) is 1. The summed E-state index contributed by atoms with van der Waals surface area (Å²) in [5.41, 5.74) is 5.61. The van der Waals surface area contributed by atoms with Crippen LogP contribution in [0.5, 0.6) is 0 Å². The van der Waals surface area contributed by atoms with Crippen LogP contribution in [0.2, 0.25) is 0 Å². The molecular formula is C11H25N3O2. The molecule has 0 aliphatic carbocycles. The Morgan fingerprint density at radius 3 is 2.38 bits per heavy atom. The van der Waals surface area contributed by atoms with Crippen LogP contribution in [-0.4, -0.2) is 68.7 Å². The van der Waals surface area contributed by atoms with E-state index >= 15 is 0 Å². The van der Waals surface area contributed by atoms with Crippen molar-refractivity contribution in [3.05, 3.63) is 0 Å². The molecule has 0 saturated heterocycles. The predicted molar refractivity (Wildman–Crippen MR) is 65.3 cm³/mol. The molecule has 0 bridgehead atoms. The third kappa shape index (κ3) is 6.05. The van der Waals surface area contributed by atoms with Crippen LogP contribution in [0.4, 0.5) is 0 Å². The maximum atomic E-state index is 11.6. The Morgan fingerprint density at radius 1 is 1.38 bits per heavy atom. The minimum Gasteiger partial charge on any atom is -0.376 e. The molecule has 1 atom stereocenters. The van der Waals surface area contributed by atoms with Gasteiger partial charge in [0.1, 0.15) is 0 Å². The van der Waals surface area contributed by atoms with Gasteiger partial charge < -0.3 is 15.4 Å². The number of carbonyl (C=O) groups excluding carboxylic acids is 1. The monoisotopic (exact) mass is 231 g/mol. The minimum absolute atomic E-state index is 0.0138. The standard InChI is InChI=1S/C11H25N3O2/c1-5-14(9-11(15)13(3)4)8-10(7-12)16-6-2/h10H,5-9,12H2,1-4H3. The molecule has 0 aliphatic heterocycles. The Labute approximate surface area is 98.5 Å². The molecular weight excluding hydrogens is 206 g/mol. The lowest BCUT2D eigenvalue weighted by Gasteiger charge is -2.26. The molecule has 0 spiro atoms. The van der Waals surface area contributed by atoms with E-state index < -0.39 is 0 Å². The Hall–Kier alpha value is -0.650. The van der Waals surface area contributed by atoms with Crippen molar-refractivity contribution >= 4 is 5.91 Å². The highest BCUT2D eigenvalue weighted by molar-refractivity contribution is 5.77. The van der Waals surface area contributed by atoms with Crippen LogP contribution in [0.25, 0.3) is 0 Å². The summed E-state index contributed by atoms with van der Waals surface area (Å²) < 4.78 is 5.47. The van der Waals surface area contributed by atoms with E-state index in [2.05, 4.69) is 4.90 Å². The van der Waals surface area contributed by atoms with Crippen LogP contribution in [0.15, 0.2) is 0 Å². The molecule has 2 N–H and O–H groups in total. The van der Waals surface area contributed by atoms with Crippen molar-refractivity contribution in [3.8, 4) is 0 Å². The van der Waals surface area contributed by atoms with Crippen molar-refractivity contribution in [1.29, 1.82) is 0 Å². The third-order valence-electron chi connectivity index (χ3n) is 2.43. The van der Waals surface area contributed by atoms with Crippen LogP contribution in [0.3, 0.4) is 0 Å². The first-order chi connectivity index (χ1) is 7.54. The maximum absolute atomic E-state index is 11.6. The van der Waals surface area contributed by atoms with Crippen molar-refractivity contribution in [3.63, 3.8) is 0 Å². The maximum Gasteiger partial charge on any atom is 0.236 e. The smallest absolute Gasteiger partial charge is 0.236 e. The fraction of sp³-hybridized carbons (Fsp3) is 0.909. The molecule has 5 heteroatoms. The lowest BCUT2D eigenvalue weighted by atomic mass is 10.3. The summed E-state index contributed by atoms with van der Waals surface area (Å²) in [5, 5.41) is 0. The van der Waals surface area contributed by atoms with E-state index in [9.17, 15) is 4.79 Å². The molecule has 0 radical (unpaired) electrons. The van der Waals surface area contributed by atoms with Gasteiger partial charge in [-0.1, -0.05) is 6.92 Å². The van der Waals surface area contributed by atoms with Crippen molar-refractivity contribution in [2.24, 2.45) is 5.73 Å². The summed E-state index contributed by atoms with van der Waals surface area (Å²) in [6.45, 7) is 7.07. The lowest BCUT2D eigenvalue weighted by molar-refractivity contribution is -0.130. The first-order valence-electron chi connectivity index (χ1n) is 5.79. The van der Waals surface area contributed by atoms with Crippen LogP contribution in [-0.2, 0) is 9.53 Å². The third-order valence-corrected chi connectivity index (χ3v) is 2.43. The van der Waals surface area contributed by atoms with Gasteiger partial charge in [-0.25, -0.2) is 0 Å². The zero-order chi connectivity index (χ0) is 12.6. The van der Waals surface area contributed by atoms with Crippen molar-refractivity contribution in [2.75, 3.05) is 46.9 Å². The first kappa shape index (κ1) is 15.3. The molecule has 1 amide bonds. The molecule has 0 aromatic carbocycles. The fourth-order valence-electron chi connectivity index (χ4n) is 1.36. The van der Waals surface area contributed by atoms with Crippen LogP contribution in [0, 0.1) is 0 Å². The number of ether oxygens (including phenoxy) is 1. The first-order valence-corrected chi connectivity index (χ1v) is 5.79. The molecule has 0 rings (SSSR count). The summed E-state index contributed by atoms with van der Waals surface area (Å²) in [6.07, 6.45) is 0.0138. The molecule has 5 nitrogen and oxygen atoms in total. The number of likely N-dealkylation sites (N-methyl/N-ethyl adjacent to an activating group) is 2. The fourth-order valence-corrected chi connectivity index (χ4v) is 1.36. The van der Waals surface area contributed by atoms with Gasteiger partial charge in [0.05, 0.1) is 12.6 Å². The van der Waals surface area contributed by atoms with Gasteiger partial charge in [0.25, 0.3) is 0 Å². The van der Waals surface area contributed by atoms with Crippen molar-refractivity contribution in [2.45, 2.75) is 20.0 Å². The second-order valence-electron chi connectivity index (χ2n) is 3.93. The number of amides is 1. The normalized spacial score (nSPS) is 12.9. The highest BCUT2D eigenvalue weighted by Gasteiger charge is 2.15. The summed E-state index contributed by atoms with van der Waals surface area (Å²) in [6, 6.07) is 0. The molecule has 0 saturated carbocycles. The summed E-state index contributed by atoms with van der Waals surface area (Å²) in [7, 11) is 3.53. The molecule has 0 aromatic rings. The number of hydrogen-bond acceptors (Lipinski definition) is 4. The van der Waals surface area contributed by atoms with Gasteiger partial charge in [0, 0.05) is 33.8 Å². The van der Waals surface area contributed by atoms with Crippen LogP contribution < -0.4 is 5.73 Å². The van der Waals surface area contributed by atoms with E-state index in [1.165, 1.54) is 0 Å². The van der Waals surface area contributed by atoms with Gasteiger partial charge in [0.15, 0.2) is 0 Å². The molecule has 0 heterocycles. The van der Waals surface area contributed by atoms with Gasteiger partial charge in [-0.05, 0) is 13.5 Å². The zero-order valence-corrected chi connectivity index (χ0v) is 10.9. The van der Waals surface area contributed by atoms with Gasteiger partial charge >= 0.3 is 0 Å². The highest BCUT2D eigenvalue weighted by Crippen LogP contribution is 1.97. The molecule has 0 aliphatic rings. The van der Waals surface area contributed by atoms with Gasteiger partial charge in [-0.2, -0.15) is 0 Å². The lowest BCUT2D eigenvalue weighted by Crippen LogP contribution is -2.43. The largest absolute Gasteiger partial charge is 0.376 e. The average molecular weight is 231 g/mol. The van der Waals surface area contributed by atoms with Gasteiger partial charge in [-0.3, -0.25) is 9.69 Å². The number of nitrogens with two attached hydrogens (primary N) is 1. The van der Waals surface area contributed by atoms with Crippen LogP contribution >= 0.6 is 0 Å². The number of nitrogens with zero attached hydrogens (tertiary/aromatic N) is 2. The van der Waals surface area contributed by atoms with Crippen molar-refractivity contribution < 1.29 is 9.53 Å². The predicted octanol–water partition coefficient (Wildman–Crippen LogP) is -0.240. The van der Waals surface area contributed by atoms with E-state index in [1.54, 1.807) is 19.0 Å². The Kier molecular flexibility index (Phi) is 8.15. The quantitative estimate of drug-likeness (QED) is 0.626. The van der Waals surface area contributed by atoms with Crippen molar-refractivity contribution in [1.82, 2.24) is 9.80 Å². The Bertz CT molecular complexity index is 198. The topological polar surface area (TPSA) is 58.8 Å². The average Bonchev–Trinajstić information content (AvgIpc) is 2.26. The van der Waals surface area contributed by atoms with E-state index in [4.69, 9.17) is 10.5 Å². The van der Waals surface area contributed by atoms with Gasteiger partial charge in [0.2, 0.25) is 5.91 Å².